The van der Waals surface area contributed by atoms with Gasteiger partial charge in [0.05, 0.1) is 17.1 Å². The average Bonchev–Trinajstić information content (AvgIpc) is 3.17. The fraction of sp³-hybridized carbons (Fsp3) is 0.235. The van der Waals surface area contributed by atoms with Crippen LogP contribution in [0.25, 0.3) is 22.3 Å². The summed E-state index contributed by atoms with van der Waals surface area (Å²) >= 11 is 6.25. The summed E-state index contributed by atoms with van der Waals surface area (Å²) in [5, 5.41) is 4.17. The average molecular weight is 487 g/mol. The lowest BCUT2D eigenvalue weighted by Gasteiger charge is -2.06. The van der Waals surface area contributed by atoms with E-state index in [-0.39, 0.29) is 38.3 Å². The van der Waals surface area contributed by atoms with E-state index in [1.54, 1.807) is 0 Å². The Morgan fingerprint density at radius 1 is 1.23 bits per heavy atom. The lowest BCUT2D eigenvalue weighted by Crippen LogP contribution is -2.26. The molecule has 14 heteroatoms. The molecule has 2 heterocycles. The number of hydrogen-bond acceptors (Lipinski definition) is 4. The highest BCUT2D eigenvalue weighted by atomic mass is 35.5. The second kappa shape index (κ2) is 8.46. The zero-order valence-corrected chi connectivity index (χ0v) is 16.6. The summed E-state index contributed by atoms with van der Waals surface area (Å²) in [5.41, 5.74) is 0.0736. The fourth-order valence-corrected chi connectivity index (χ4v) is 3.48. The van der Waals surface area contributed by atoms with Crippen molar-refractivity contribution in [1.82, 2.24) is 19.9 Å². The number of rotatable bonds is 5. The second-order valence-corrected chi connectivity index (χ2v) is 7.42. The zero-order chi connectivity index (χ0) is 23.0. The van der Waals surface area contributed by atoms with Gasteiger partial charge in [-0.2, -0.15) is 26.3 Å². The highest BCUT2D eigenvalue weighted by Gasteiger charge is 2.36. The number of hydrogen-bond donors (Lipinski definition) is 1. The van der Waals surface area contributed by atoms with Gasteiger partial charge in [0.15, 0.2) is 0 Å². The SMILES string of the molecule is O=C(C=Cc1c(-c2ccc(F)cc2Cl)nc2sc(C(F)(F)F)nn12)NCCC(F)(F)F. The first kappa shape index (κ1) is 23.0. The van der Waals surface area contributed by atoms with E-state index in [9.17, 15) is 35.5 Å². The molecule has 0 radical (unpaired) electrons. The van der Waals surface area contributed by atoms with Gasteiger partial charge in [0, 0.05) is 18.2 Å². The number of nitrogens with zero attached hydrogens (tertiary/aromatic N) is 3. The first-order valence-electron chi connectivity index (χ1n) is 8.30. The van der Waals surface area contributed by atoms with Crippen molar-refractivity contribution in [3.05, 3.63) is 45.8 Å². The summed E-state index contributed by atoms with van der Waals surface area (Å²) in [6, 6.07) is 3.27. The van der Waals surface area contributed by atoms with Gasteiger partial charge in [0.25, 0.3) is 0 Å². The first-order chi connectivity index (χ1) is 14.3. The molecule has 0 aliphatic rings. The molecule has 1 N–H and O–H groups in total. The topological polar surface area (TPSA) is 59.3 Å². The molecule has 0 aliphatic carbocycles. The van der Waals surface area contributed by atoms with Crippen molar-refractivity contribution in [2.24, 2.45) is 0 Å². The van der Waals surface area contributed by atoms with Crippen LogP contribution < -0.4 is 5.32 Å². The van der Waals surface area contributed by atoms with E-state index < -0.39 is 42.1 Å². The molecule has 0 saturated heterocycles. The van der Waals surface area contributed by atoms with Gasteiger partial charge in [-0.05, 0) is 24.3 Å². The number of aromatic nitrogens is 3. The van der Waals surface area contributed by atoms with Crippen molar-refractivity contribution >= 4 is 39.9 Å². The summed E-state index contributed by atoms with van der Waals surface area (Å²) < 4.78 is 89.7. The van der Waals surface area contributed by atoms with E-state index in [2.05, 4.69) is 10.1 Å². The number of benzene rings is 1. The van der Waals surface area contributed by atoms with E-state index in [1.165, 1.54) is 6.07 Å². The van der Waals surface area contributed by atoms with E-state index in [0.717, 1.165) is 28.8 Å². The van der Waals surface area contributed by atoms with E-state index in [1.807, 2.05) is 5.32 Å². The Morgan fingerprint density at radius 2 is 1.94 bits per heavy atom. The van der Waals surface area contributed by atoms with Gasteiger partial charge >= 0.3 is 12.4 Å². The minimum Gasteiger partial charge on any atom is -0.352 e. The van der Waals surface area contributed by atoms with Crippen LogP contribution in [0.2, 0.25) is 5.02 Å². The molecule has 1 aromatic carbocycles. The standard InChI is InChI=1S/C17H10ClF7N4OS/c18-10-7-8(19)1-2-9(10)13-11(3-4-12(30)26-6-5-16(20,21)22)29-15(27-13)31-14(28-29)17(23,24)25/h1-4,7H,5-6H2,(H,26,30). The molecule has 3 rings (SSSR count). The summed E-state index contributed by atoms with van der Waals surface area (Å²) in [4.78, 5) is 15.7. The number of alkyl halides is 6. The Kier molecular flexibility index (Phi) is 6.28. The van der Waals surface area contributed by atoms with Crippen LogP contribution in [0, 0.1) is 5.82 Å². The van der Waals surface area contributed by atoms with Crippen molar-refractivity contribution in [3.8, 4) is 11.3 Å². The van der Waals surface area contributed by atoms with Crippen molar-refractivity contribution in [2.45, 2.75) is 18.8 Å². The van der Waals surface area contributed by atoms with Crippen LogP contribution in [0.4, 0.5) is 30.7 Å². The van der Waals surface area contributed by atoms with Crippen LogP contribution in [0.15, 0.2) is 24.3 Å². The Bertz CT molecular complexity index is 1150. The number of amides is 1. The van der Waals surface area contributed by atoms with Crippen molar-refractivity contribution in [1.29, 1.82) is 0 Å². The lowest BCUT2D eigenvalue weighted by molar-refractivity contribution is -0.138. The number of imidazole rings is 1. The molecule has 0 bridgehead atoms. The number of fused-ring (bicyclic) bond motifs is 1. The Hall–Kier alpha value is -2.67. The first-order valence-corrected chi connectivity index (χ1v) is 9.49. The maximum atomic E-state index is 13.4. The lowest BCUT2D eigenvalue weighted by atomic mass is 10.1. The minimum atomic E-state index is -4.74. The molecule has 0 spiro atoms. The molecule has 0 saturated carbocycles. The van der Waals surface area contributed by atoms with Gasteiger partial charge in [-0.25, -0.2) is 13.9 Å². The Balaban J connectivity index is 1.99. The molecule has 5 nitrogen and oxygen atoms in total. The normalized spacial score (nSPS) is 12.8. The molecule has 31 heavy (non-hydrogen) atoms. The van der Waals surface area contributed by atoms with Crippen molar-refractivity contribution in [3.63, 3.8) is 0 Å². The predicted octanol–water partition coefficient (Wildman–Crippen LogP) is 5.35. The van der Waals surface area contributed by atoms with E-state index in [4.69, 9.17) is 11.6 Å². The predicted molar refractivity (Wildman–Crippen MR) is 99.0 cm³/mol. The van der Waals surface area contributed by atoms with Crippen LogP contribution in [-0.4, -0.2) is 33.2 Å². The summed E-state index contributed by atoms with van der Waals surface area (Å²) in [7, 11) is 0. The van der Waals surface area contributed by atoms with Crippen LogP contribution in [0.5, 0.6) is 0 Å². The van der Waals surface area contributed by atoms with Gasteiger partial charge in [-0.3, -0.25) is 4.79 Å². The molecule has 0 unspecified atom stereocenters. The molecule has 0 fully saturated rings. The summed E-state index contributed by atoms with van der Waals surface area (Å²) in [5.74, 6) is -1.57. The number of carbonyl (C=O) groups excluding carboxylic acids is 1. The largest absolute Gasteiger partial charge is 0.445 e. The molecule has 3 aromatic rings. The minimum absolute atomic E-state index is 0.0109. The number of halogens is 8. The van der Waals surface area contributed by atoms with Gasteiger partial charge in [-0.1, -0.05) is 22.9 Å². The highest BCUT2D eigenvalue weighted by molar-refractivity contribution is 7.16. The summed E-state index contributed by atoms with van der Waals surface area (Å²) in [6.45, 7) is -0.680. The molecule has 0 atom stereocenters. The Labute approximate surface area is 178 Å². The van der Waals surface area contributed by atoms with Crippen molar-refractivity contribution < 1.29 is 35.5 Å². The zero-order valence-electron chi connectivity index (χ0n) is 15.0. The smallest absolute Gasteiger partial charge is 0.352 e. The van der Waals surface area contributed by atoms with Crippen LogP contribution in [-0.2, 0) is 11.0 Å². The second-order valence-electron chi connectivity index (χ2n) is 6.06. The van der Waals surface area contributed by atoms with Crippen molar-refractivity contribution in [2.75, 3.05) is 6.54 Å². The maximum absolute atomic E-state index is 13.4. The fourth-order valence-electron chi connectivity index (χ4n) is 2.45. The molecular formula is C17H10ClF7N4OS. The summed E-state index contributed by atoms with van der Waals surface area (Å²) in [6.07, 6.45) is -8.59. The van der Waals surface area contributed by atoms with E-state index >= 15 is 0 Å². The number of nitrogens with one attached hydrogen (secondary N) is 1. The van der Waals surface area contributed by atoms with E-state index in [0.29, 0.717) is 0 Å². The third-order valence-electron chi connectivity index (χ3n) is 3.77. The van der Waals surface area contributed by atoms with Gasteiger partial charge in [0.2, 0.25) is 15.9 Å². The number of carbonyl (C=O) groups is 1. The molecule has 2 aromatic heterocycles. The van der Waals surface area contributed by atoms with Crippen LogP contribution in [0.1, 0.15) is 17.1 Å². The van der Waals surface area contributed by atoms with Crippen LogP contribution in [0.3, 0.4) is 0 Å². The van der Waals surface area contributed by atoms with Gasteiger partial charge in [0.1, 0.15) is 11.5 Å². The Morgan fingerprint density at radius 3 is 2.55 bits per heavy atom. The highest BCUT2D eigenvalue weighted by Crippen LogP contribution is 2.37. The van der Waals surface area contributed by atoms with Gasteiger partial charge in [-0.15, -0.1) is 5.10 Å². The quantitative estimate of drug-likeness (QED) is 0.391. The molecule has 0 aliphatic heterocycles. The molecule has 1 amide bonds. The third-order valence-corrected chi connectivity index (χ3v) is 5.03. The molecule has 166 valence electrons. The molecular weight excluding hydrogens is 477 g/mol. The van der Waals surface area contributed by atoms with Gasteiger partial charge < -0.3 is 5.32 Å². The van der Waals surface area contributed by atoms with Crippen LogP contribution >= 0.6 is 22.9 Å². The maximum Gasteiger partial charge on any atom is 0.445 e. The third kappa shape index (κ3) is 5.53. The monoisotopic (exact) mass is 486 g/mol.